The zero-order chi connectivity index (χ0) is 24.2. The number of likely N-dealkylation sites (tertiary alicyclic amines) is 1. The van der Waals surface area contributed by atoms with E-state index in [9.17, 15) is 27.6 Å². The van der Waals surface area contributed by atoms with Crippen molar-refractivity contribution in [3.05, 3.63) is 41.7 Å². The molecule has 8 nitrogen and oxygen atoms in total. The average Bonchev–Trinajstić information content (AvgIpc) is 3.25. The van der Waals surface area contributed by atoms with E-state index in [1.165, 1.54) is 31.2 Å². The summed E-state index contributed by atoms with van der Waals surface area (Å²) in [6.07, 6.45) is -1.51. The largest absolute Gasteiger partial charge is 0.462 e. The van der Waals surface area contributed by atoms with Gasteiger partial charge in [-0.2, -0.15) is 18.3 Å². The number of rotatable bonds is 6. The molecule has 2 amide bonds. The molecule has 0 saturated carbocycles. The molecular weight excluding hydrogens is 441 g/mol. The molecule has 1 aliphatic rings. The SMILES string of the molecule is CCOC(=O)c1cnn(-c2ccc(NC(=O)C3CCCCN3C(=O)CC)cc2)c1C(F)(F)F. The van der Waals surface area contributed by atoms with Crippen molar-refractivity contribution in [3.8, 4) is 5.69 Å². The summed E-state index contributed by atoms with van der Waals surface area (Å²) >= 11 is 0. The number of nitrogens with zero attached hydrogens (tertiary/aromatic N) is 3. The van der Waals surface area contributed by atoms with Crippen LogP contribution >= 0.6 is 0 Å². The number of carbonyl (C=O) groups excluding carboxylic acids is 3. The smallest absolute Gasteiger partial charge is 0.434 e. The van der Waals surface area contributed by atoms with E-state index in [1.807, 2.05) is 0 Å². The van der Waals surface area contributed by atoms with Gasteiger partial charge in [-0.25, -0.2) is 9.48 Å². The second-order valence-corrected chi connectivity index (χ2v) is 7.53. The first kappa shape index (κ1) is 24.3. The number of carbonyl (C=O) groups is 3. The summed E-state index contributed by atoms with van der Waals surface area (Å²) in [6.45, 7) is 3.68. The number of amides is 2. The molecule has 1 aromatic heterocycles. The fourth-order valence-corrected chi connectivity index (χ4v) is 3.79. The summed E-state index contributed by atoms with van der Waals surface area (Å²) in [5.74, 6) is -1.55. The second-order valence-electron chi connectivity index (χ2n) is 7.53. The number of ether oxygens (including phenoxy) is 1. The van der Waals surface area contributed by atoms with Crippen LogP contribution in [0.5, 0.6) is 0 Å². The molecule has 178 valence electrons. The van der Waals surface area contributed by atoms with Crippen LogP contribution in [0.15, 0.2) is 30.5 Å². The number of nitrogens with one attached hydrogen (secondary N) is 1. The second kappa shape index (κ2) is 10.1. The Balaban J connectivity index is 1.81. The van der Waals surface area contributed by atoms with E-state index in [0.717, 1.165) is 19.0 Å². The van der Waals surface area contributed by atoms with Gasteiger partial charge < -0.3 is 15.0 Å². The fraction of sp³-hybridized carbons (Fsp3) is 0.455. The molecule has 11 heteroatoms. The van der Waals surface area contributed by atoms with E-state index < -0.39 is 29.4 Å². The monoisotopic (exact) mass is 466 g/mol. The molecule has 1 N–H and O–H groups in total. The van der Waals surface area contributed by atoms with Crippen LogP contribution in [0.4, 0.5) is 18.9 Å². The summed E-state index contributed by atoms with van der Waals surface area (Å²) in [7, 11) is 0. The molecule has 0 radical (unpaired) electrons. The Kier molecular flexibility index (Phi) is 7.39. The maximum absolute atomic E-state index is 13.7. The predicted molar refractivity (Wildman–Crippen MR) is 113 cm³/mol. The minimum absolute atomic E-state index is 0.0522. The minimum atomic E-state index is -4.85. The lowest BCUT2D eigenvalue weighted by atomic mass is 10.0. The first-order valence-corrected chi connectivity index (χ1v) is 10.7. The normalized spacial score (nSPS) is 16.4. The van der Waals surface area contributed by atoms with Gasteiger partial charge in [-0.1, -0.05) is 6.92 Å². The molecule has 2 aromatic rings. The summed E-state index contributed by atoms with van der Waals surface area (Å²) in [4.78, 5) is 38.4. The van der Waals surface area contributed by atoms with E-state index in [1.54, 1.807) is 11.8 Å². The number of piperidine rings is 1. The zero-order valence-electron chi connectivity index (χ0n) is 18.3. The molecule has 3 rings (SSSR count). The van der Waals surface area contributed by atoms with Gasteiger partial charge in [0.25, 0.3) is 0 Å². The molecule has 1 aromatic carbocycles. The van der Waals surface area contributed by atoms with Gasteiger partial charge in [-0.15, -0.1) is 0 Å². The van der Waals surface area contributed by atoms with Crippen LogP contribution < -0.4 is 5.32 Å². The van der Waals surface area contributed by atoms with E-state index in [-0.39, 0.29) is 24.1 Å². The molecule has 33 heavy (non-hydrogen) atoms. The van der Waals surface area contributed by atoms with Crippen LogP contribution in [0.25, 0.3) is 5.69 Å². The highest BCUT2D eigenvalue weighted by molar-refractivity contribution is 5.97. The molecular formula is C22H25F3N4O4. The molecule has 0 spiro atoms. The Morgan fingerprint density at radius 1 is 1.15 bits per heavy atom. The van der Waals surface area contributed by atoms with Crippen LogP contribution in [0.1, 0.15) is 55.6 Å². The Morgan fingerprint density at radius 2 is 1.85 bits per heavy atom. The Labute approximate surface area is 188 Å². The van der Waals surface area contributed by atoms with E-state index in [4.69, 9.17) is 4.74 Å². The van der Waals surface area contributed by atoms with Crippen molar-refractivity contribution in [1.82, 2.24) is 14.7 Å². The number of halogens is 3. The van der Waals surface area contributed by atoms with Crippen LogP contribution in [0.3, 0.4) is 0 Å². The van der Waals surface area contributed by atoms with Crippen LogP contribution in [0, 0.1) is 0 Å². The van der Waals surface area contributed by atoms with E-state index in [0.29, 0.717) is 29.8 Å². The summed E-state index contributed by atoms with van der Waals surface area (Å²) < 4.78 is 46.3. The zero-order valence-corrected chi connectivity index (χ0v) is 18.3. The number of esters is 1. The van der Waals surface area contributed by atoms with E-state index in [2.05, 4.69) is 10.4 Å². The molecule has 1 fully saturated rings. The Bertz CT molecular complexity index is 1020. The molecule has 0 bridgehead atoms. The third kappa shape index (κ3) is 5.35. The number of hydrogen-bond acceptors (Lipinski definition) is 5. The number of alkyl halides is 3. The maximum Gasteiger partial charge on any atom is 0.434 e. The van der Waals surface area contributed by atoms with Gasteiger partial charge >= 0.3 is 12.1 Å². The van der Waals surface area contributed by atoms with Gasteiger partial charge in [-0.05, 0) is 50.5 Å². The Morgan fingerprint density at radius 3 is 2.45 bits per heavy atom. The fourth-order valence-electron chi connectivity index (χ4n) is 3.79. The van der Waals surface area contributed by atoms with Gasteiger partial charge in [0.05, 0.1) is 18.5 Å². The van der Waals surface area contributed by atoms with Crippen LogP contribution in [-0.2, 0) is 20.5 Å². The lowest BCUT2D eigenvalue weighted by Gasteiger charge is -2.34. The van der Waals surface area contributed by atoms with Crippen molar-refractivity contribution in [3.63, 3.8) is 0 Å². The molecule has 1 atom stereocenters. The van der Waals surface area contributed by atoms with Gasteiger partial charge in [0.2, 0.25) is 11.8 Å². The Hall–Kier alpha value is -3.37. The number of anilines is 1. The average molecular weight is 466 g/mol. The minimum Gasteiger partial charge on any atom is -0.462 e. The van der Waals surface area contributed by atoms with Gasteiger partial charge in [0.1, 0.15) is 11.6 Å². The number of benzene rings is 1. The third-order valence-corrected chi connectivity index (χ3v) is 5.34. The molecule has 1 saturated heterocycles. The highest BCUT2D eigenvalue weighted by atomic mass is 19.4. The van der Waals surface area contributed by atoms with Crippen molar-refractivity contribution in [2.75, 3.05) is 18.5 Å². The highest BCUT2D eigenvalue weighted by Crippen LogP contribution is 2.34. The lowest BCUT2D eigenvalue weighted by Crippen LogP contribution is -2.49. The molecule has 0 aliphatic carbocycles. The lowest BCUT2D eigenvalue weighted by molar-refractivity contribution is -0.143. The van der Waals surface area contributed by atoms with Crippen LogP contribution in [-0.4, -0.2) is 51.7 Å². The van der Waals surface area contributed by atoms with Gasteiger partial charge in [0, 0.05) is 18.7 Å². The quantitative estimate of drug-likeness (QED) is 0.654. The topological polar surface area (TPSA) is 93.5 Å². The summed E-state index contributed by atoms with van der Waals surface area (Å²) in [5, 5.41) is 6.45. The van der Waals surface area contributed by atoms with Gasteiger partial charge in [0.15, 0.2) is 5.69 Å². The summed E-state index contributed by atoms with van der Waals surface area (Å²) in [6, 6.07) is 4.99. The number of hydrogen-bond donors (Lipinski definition) is 1. The van der Waals surface area contributed by atoms with Crippen molar-refractivity contribution < 1.29 is 32.3 Å². The summed E-state index contributed by atoms with van der Waals surface area (Å²) in [5.41, 5.74) is -1.51. The van der Waals surface area contributed by atoms with Crippen LogP contribution in [0.2, 0.25) is 0 Å². The van der Waals surface area contributed by atoms with Crippen molar-refractivity contribution in [1.29, 1.82) is 0 Å². The highest BCUT2D eigenvalue weighted by Gasteiger charge is 2.41. The first-order chi connectivity index (χ1) is 15.7. The maximum atomic E-state index is 13.7. The molecule has 2 heterocycles. The first-order valence-electron chi connectivity index (χ1n) is 10.7. The van der Waals surface area contributed by atoms with Gasteiger partial charge in [-0.3, -0.25) is 9.59 Å². The molecule has 1 unspecified atom stereocenters. The van der Waals surface area contributed by atoms with Crippen molar-refractivity contribution >= 4 is 23.5 Å². The molecule has 1 aliphatic heterocycles. The number of aromatic nitrogens is 2. The van der Waals surface area contributed by atoms with Crippen molar-refractivity contribution in [2.24, 2.45) is 0 Å². The standard InChI is InChI=1S/C22H25F3N4O4/c1-3-18(30)28-12-6-5-7-17(28)20(31)27-14-8-10-15(11-9-14)29-19(22(23,24)25)16(13-26-29)21(32)33-4-2/h8-11,13,17H,3-7,12H2,1-2H3,(H,27,31). The van der Waals surface area contributed by atoms with E-state index >= 15 is 0 Å². The predicted octanol–water partition coefficient (Wildman–Crippen LogP) is 3.80. The van der Waals surface area contributed by atoms with Crippen molar-refractivity contribution in [2.45, 2.75) is 51.7 Å². The third-order valence-electron chi connectivity index (χ3n) is 5.34.